The standard InChI is InChI=1S/C19H23BrN2O/c1-23-18-10-5-3-8-16(18)19(15-7-2-4-9-17(15)20)22-13-6-11-21-12-14-22/h2-5,7-10,19,21H,6,11-14H2,1H3. The molecule has 1 aliphatic rings. The molecule has 0 aliphatic carbocycles. The first-order chi connectivity index (χ1) is 11.3. The van der Waals surface area contributed by atoms with Crippen LogP contribution in [0, 0.1) is 0 Å². The molecule has 122 valence electrons. The zero-order valence-corrected chi connectivity index (χ0v) is 15.1. The molecule has 1 unspecified atom stereocenters. The van der Waals surface area contributed by atoms with E-state index in [0.29, 0.717) is 0 Å². The second-order valence-electron chi connectivity index (χ2n) is 5.81. The van der Waals surface area contributed by atoms with Crippen molar-refractivity contribution in [1.82, 2.24) is 10.2 Å². The number of benzene rings is 2. The van der Waals surface area contributed by atoms with Crippen molar-refractivity contribution < 1.29 is 4.74 Å². The molecule has 23 heavy (non-hydrogen) atoms. The summed E-state index contributed by atoms with van der Waals surface area (Å²) in [6.45, 7) is 4.22. The van der Waals surface area contributed by atoms with Gasteiger partial charge in [-0.3, -0.25) is 4.90 Å². The molecule has 1 saturated heterocycles. The Kier molecular flexibility index (Phi) is 5.70. The Morgan fingerprint density at radius 3 is 2.52 bits per heavy atom. The lowest BCUT2D eigenvalue weighted by atomic mass is 9.96. The highest BCUT2D eigenvalue weighted by Gasteiger charge is 2.27. The van der Waals surface area contributed by atoms with Crippen LogP contribution < -0.4 is 10.1 Å². The fourth-order valence-electron chi connectivity index (χ4n) is 3.27. The number of nitrogens with one attached hydrogen (secondary N) is 1. The van der Waals surface area contributed by atoms with Gasteiger partial charge in [0.2, 0.25) is 0 Å². The third kappa shape index (κ3) is 3.77. The molecule has 3 nitrogen and oxygen atoms in total. The fraction of sp³-hybridized carbons (Fsp3) is 0.368. The van der Waals surface area contributed by atoms with E-state index in [2.05, 4.69) is 68.6 Å². The Labute approximate surface area is 146 Å². The molecule has 2 aromatic carbocycles. The number of hydrogen-bond donors (Lipinski definition) is 1. The van der Waals surface area contributed by atoms with Crippen molar-refractivity contribution in [3.05, 3.63) is 64.1 Å². The maximum Gasteiger partial charge on any atom is 0.123 e. The highest BCUT2D eigenvalue weighted by Crippen LogP contribution is 2.37. The molecule has 0 spiro atoms. The van der Waals surface area contributed by atoms with E-state index in [-0.39, 0.29) is 6.04 Å². The Balaban J connectivity index is 2.07. The van der Waals surface area contributed by atoms with Crippen molar-refractivity contribution in [2.24, 2.45) is 0 Å². The summed E-state index contributed by atoms with van der Waals surface area (Å²) in [5.41, 5.74) is 2.52. The second kappa shape index (κ2) is 7.95. The van der Waals surface area contributed by atoms with Gasteiger partial charge in [-0.2, -0.15) is 0 Å². The van der Waals surface area contributed by atoms with Gasteiger partial charge in [0.1, 0.15) is 5.75 Å². The molecule has 0 saturated carbocycles. The van der Waals surface area contributed by atoms with Crippen LogP contribution in [0.25, 0.3) is 0 Å². The van der Waals surface area contributed by atoms with Crippen LogP contribution in [0.1, 0.15) is 23.6 Å². The van der Waals surface area contributed by atoms with E-state index < -0.39 is 0 Å². The van der Waals surface area contributed by atoms with Crippen LogP contribution in [-0.2, 0) is 0 Å². The average Bonchev–Trinajstić information content (AvgIpc) is 2.87. The van der Waals surface area contributed by atoms with E-state index in [1.54, 1.807) is 7.11 Å². The summed E-state index contributed by atoms with van der Waals surface area (Å²) in [6.07, 6.45) is 1.16. The fourth-order valence-corrected chi connectivity index (χ4v) is 3.78. The summed E-state index contributed by atoms with van der Waals surface area (Å²) in [6, 6.07) is 17.1. The van der Waals surface area contributed by atoms with Crippen LogP contribution in [-0.4, -0.2) is 38.2 Å². The Morgan fingerprint density at radius 1 is 1.00 bits per heavy atom. The quantitative estimate of drug-likeness (QED) is 0.879. The van der Waals surface area contributed by atoms with E-state index in [0.717, 1.165) is 42.8 Å². The van der Waals surface area contributed by atoms with Gasteiger partial charge < -0.3 is 10.1 Å². The molecule has 0 amide bonds. The van der Waals surface area contributed by atoms with Crippen LogP contribution >= 0.6 is 15.9 Å². The number of nitrogens with zero attached hydrogens (tertiary/aromatic N) is 1. The maximum atomic E-state index is 5.65. The predicted octanol–water partition coefficient (Wildman–Crippen LogP) is 3.84. The summed E-state index contributed by atoms with van der Waals surface area (Å²) in [7, 11) is 1.75. The summed E-state index contributed by atoms with van der Waals surface area (Å²) in [5, 5.41) is 3.49. The van der Waals surface area contributed by atoms with Crippen LogP contribution in [0.4, 0.5) is 0 Å². The van der Waals surface area contributed by atoms with E-state index in [1.165, 1.54) is 11.1 Å². The zero-order chi connectivity index (χ0) is 16.1. The topological polar surface area (TPSA) is 24.5 Å². The van der Waals surface area contributed by atoms with E-state index in [9.17, 15) is 0 Å². The van der Waals surface area contributed by atoms with Crippen LogP contribution in [0.15, 0.2) is 53.0 Å². The number of rotatable bonds is 4. The second-order valence-corrected chi connectivity index (χ2v) is 6.66. The largest absolute Gasteiger partial charge is 0.496 e. The molecule has 2 aromatic rings. The number of para-hydroxylation sites is 1. The molecule has 0 aromatic heterocycles. The first kappa shape index (κ1) is 16.5. The molecule has 1 atom stereocenters. The third-order valence-corrected chi connectivity index (χ3v) is 5.10. The molecule has 0 bridgehead atoms. The minimum absolute atomic E-state index is 0.196. The average molecular weight is 375 g/mol. The number of halogens is 1. The number of ether oxygens (including phenoxy) is 1. The highest BCUT2D eigenvalue weighted by atomic mass is 79.9. The van der Waals surface area contributed by atoms with Crippen molar-refractivity contribution >= 4 is 15.9 Å². The Bertz CT molecular complexity index is 639. The predicted molar refractivity (Wildman–Crippen MR) is 98.0 cm³/mol. The smallest absolute Gasteiger partial charge is 0.123 e. The maximum absolute atomic E-state index is 5.65. The number of hydrogen-bond acceptors (Lipinski definition) is 3. The summed E-state index contributed by atoms with van der Waals surface area (Å²) in [4.78, 5) is 2.55. The van der Waals surface area contributed by atoms with Gasteiger partial charge in [0.25, 0.3) is 0 Å². The molecule has 3 rings (SSSR count). The van der Waals surface area contributed by atoms with Gasteiger partial charge in [0.05, 0.1) is 13.2 Å². The third-order valence-electron chi connectivity index (χ3n) is 4.37. The normalized spacial score (nSPS) is 17.5. The zero-order valence-electron chi connectivity index (χ0n) is 13.5. The lowest BCUT2D eigenvalue weighted by Gasteiger charge is -2.32. The van der Waals surface area contributed by atoms with Gasteiger partial charge in [0.15, 0.2) is 0 Å². The summed E-state index contributed by atoms with van der Waals surface area (Å²) in [5.74, 6) is 0.949. The Morgan fingerprint density at radius 2 is 1.74 bits per heavy atom. The molecule has 4 heteroatoms. The molecular weight excluding hydrogens is 352 g/mol. The van der Waals surface area contributed by atoms with Gasteiger partial charge in [-0.05, 0) is 30.7 Å². The van der Waals surface area contributed by atoms with E-state index >= 15 is 0 Å². The van der Waals surface area contributed by atoms with E-state index in [1.807, 2.05) is 6.07 Å². The van der Waals surface area contributed by atoms with Gasteiger partial charge in [0, 0.05) is 29.7 Å². The van der Waals surface area contributed by atoms with Crippen molar-refractivity contribution in [2.45, 2.75) is 12.5 Å². The minimum atomic E-state index is 0.196. The molecule has 0 radical (unpaired) electrons. The first-order valence-corrected chi connectivity index (χ1v) is 8.92. The number of methoxy groups -OCH3 is 1. The van der Waals surface area contributed by atoms with Crippen molar-refractivity contribution in [2.75, 3.05) is 33.3 Å². The molecule has 1 fully saturated rings. The Hall–Kier alpha value is -1.36. The molecule has 1 N–H and O–H groups in total. The molecule has 1 heterocycles. The molecule has 1 aliphatic heterocycles. The lowest BCUT2D eigenvalue weighted by Crippen LogP contribution is -2.33. The van der Waals surface area contributed by atoms with Crippen molar-refractivity contribution in [3.8, 4) is 5.75 Å². The van der Waals surface area contributed by atoms with Gasteiger partial charge in [-0.25, -0.2) is 0 Å². The highest BCUT2D eigenvalue weighted by molar-refractivity contribution is 9.10. The van der Waals surface area contributed by atoms with Gasteiger partial charge >= 0.3 is 0 Å². The van der Waals surface area contributed by atoms with Gasteiger partial charge in [-0.1, -0.05) is 52.3 Å². The van der Waals surface area contributed by atoms with E-state index in [4.69, 9.17) is 4.74 Å². The summed E-state index contributed by atoms with van der Waals surface area (Å²) >= 11 is 3.74. The summed E-state index contributed by atoms with van der Waals surface area (Å²) < 4.78 is 6.80. The van der Waals surface area contributed by atoms with Crippen LogP contribution in [0.5, 0.6) is 5.75 Å². The van der Waals surface area contributed by atoms with Gasteiger partial charge in [-0.15, -0.1) is 0 Å². The molecular formula is C19H23BrN2O. The first-order valence-electron chi connectivity index (χ1n) is 8.13. The van der Waals surface area contributed by atoms with Crippen LogP contribution in [0.3, 0.4) is 0 Å². The SMILES string of the molecule is COc1ccccc1C(c1ccccc1Br)N1CCCNCC1. The minimum Gasteiger partial charge on any atom is -0.496 e. The van der Waals surface area contributed by atoms with Crippen molar-refractivity contribution in [3.63, 3.8) is 0 Å². The van der Waals surface area contributed by atoms with Crippen LogP contribution in [0.2, 0.25) is 0 Å². The lowest BCUT2D eigenvalue weighted by molar-refractivity contribution is 0.235. The van der Waals surface area contributed by atoms with Crippen molar-refractivity contribution in [1.29, 1.82) is 0 Å². The monoisotopic (exact) mass is 374 g/mol.